The van der Waals surface area contributed by atoms with Crippen LogP contribution < -0.4 is 4.90 Å². The van der Waals surface area contributed by atoms with Gasteiger partial charge in [-0.2, -0.15) is 0 Å². The highest BCUT2D eigenvalue weighted by molar-refractivity contribution is 5.97. The second-order valence-electron chi connectivity index (χ2n) is 6.26. The molecule has 0 N–H and O–H groups in total. The van der Waals surface area contributed by atoms with E-state index >= 15 is 0 Å². The molecular weight excluding hydrogens is 316 g/mol. The van der Waals surface area contributed by atoms with Crippen molar-refractivity contribution in [2.75, 3.05) is 31.6 Å². The Bertz CT molecular complexity index is 638. The summed E-state index contributed by atoms with van der Waals surface area (Å²) >= 11 is 0. The predicted octanol–water partition coefficient (Wildman–Crippen LogP) is 1.64. The fourth-order valence-electron chi connectivity index (χ4n) is 2.17. The first-order chi connectivity index (χ1) is 11.2. The van der Waals surface area contributed by atoms with Gasteiger partial charge >= 0.3 is 11.9 Å². The van der Waals surface area contributed by atoms with Gasteiger partial charge in [0.25, 0.3) is 0 Å². The van der Waals surface area contributed by atoms with E-state index < -0.39 is 11.7 Å². The number of carbonyl (C=O) groups is 2. The number of aromatic nitrogens is 1. The van der Waals surface area contributed by atoms with Crippen molar-refractivity contribution in [2.45, 2.75) is 26.4 Å². The second kappa shape index (κ2) is 6.81. The van der Waals surface area contributed by atoms with E-state index in [1.165, 1.54) is 29.2 Å². The number of pyridine rings is 1. The van der Waals surface area contributed by atoms with Crippen LogP contribution in [-0.4, -0.2) is 59.2 Å². The Morgan fingerprint density at radius 1 is 1.29 bits per heavy atom. The Hall–Kier alpha value is -2.71. The first-order valence-electron chi connectivity index (χ1n) is 7.47. The summed E-state index contributed by atoms with van der Waals surface area (Å²) < 4.78 is 5.27. The van der Waals surface area contributed by atoms with E-state index in [9.17, 15) is 14.5 Å². The normalized spacial score (nSPS) is 15.2. The number of hydrogen-bond acceptors (Lipinski definition) is 6. The molecule has 1 aliphatic heterocycles. The zero-order chi connectivity index (χ0) is 17.9. The molecule has 2 heterocycles. The van der Waals surface area contributed by atoms with Crippen LogP contribution in [0.2, 0.25) is 0 Å². The SMILES string of the molecule is CO[N+](=O)c1ccc(N2CCN(C(=O)OC(C)(C)C)CC2=O)cn1. The van der Waals surface area contributed by atoms with Crippen LogP contribution in [-0.2, 0) is 14.4 Å². The maximum absolute atomic E-state index is 12.3. The van der Waals surface area contributed by atoms with Crippen LogP contribution in [0.1, 0.15) is 20.8 Å². The minimum atomic E-state index is -0.609. The molecule has 9 heteroatoms. The van der Waals surface area contributed by atoms with Gasteiger partial charge in [0.15, 0.2) is 11.1 Å². The highest BCUT2D eigenvalue weighted by Crippen LogP contribution is 2.20. The number of hydrogen-bond donors (Lipinski definition) is 0. The fraction of sp³-hybridized carbons (Fsp3) is 0.533. The van der Waals surface area contributed by atoms with Crippen molar-refractivity contribution < 1.29 is 24.1 Å². The molecule has 1 fully saturated rings. The largest absolute Gasteiger partial charge is 0.444 e. The predicted molar refractivity (Wildman–Crippen MR) is 84.7 cm³/mol. The average molecular weight is 337 g/mol. The van der Waals surface area contributed by atoms with E-state index in [4.69, 9.17) is 4.74 Å². The maximum atomic E-state index is 12.3. The summed E-state index contributed by atoms with van der Waals surface area (Å²) in [4.78, 5) is 47.2. The quantitative estimate of drug-likeness (QED) is 0.779. The molecule has 2 rings (SSSR count). The average Bonchev–Trinajstić information content (AvgIpc) is 2.52. The van der Waals surface area contributed by atoms with Crippen molar-refractivity contribution in [3.8, 4) is 0 Å². The summed E-state index contributed by atoms with van der Waals surface area (Å²) in [5.74, 6) is -0.159. The minimum Gasteiger partial charge on any atom is -0.444 e. The molecule has 0 atom stereocenters. The molecule has 0 spiro atoms. The van der Waals surface area contributed by atoms with Crippen molar-refractivity contribution >= 4 is 23.5 Å². The minimum absolute atomic E-state index is 0.0670. The lowest BCUT2D eigenvalue weighted by atomic mass is 10.2. The molecular formula is C15H21N4O5+. The Morgan fingerprint density at radius 3 is 2.50 bits per heavy atom. The zero-order valence-corrected chi connectivity index (χ0v) is 14.2. The molecule has 0 bridgehead atoms. The van der Waals surface area contributed by atoms with Gasteiger partial charge in [0.05, 0.1) is 5.69 Å². The molecule has 130 valence electrons. The van der Waals surface area contributed by atoms with Crippen LogP contribution in [0.15, 0.2) is 18.3 Å². The van der Waals surface area contributed by atoms with Crippen LogP contribution in [0.25, 0.3) is 0 Å². The van der Waals surface area contributed by atoms with Gasteiger partial charge in [0, 0.05) is 19.2 Å². The lowest BCUT2D eigenvalue weighted by Crippen LogP contribution is -2.53. The van der Waals surface area contributed by atoms with Gasteiger partial charge < -0.3 is 14.5 Å². The highest BCUT2D eigenvalue weighted by atomic mass is 16.8. The summed E-state index contributed by atoms with van der Waals surface area (Å²) in [7, 11) is 1.24. The fourth-order valence-corrected chi connectivity index (χ4v) is 2.17. The molecule has 1 aliphatic rings. The first kappa shape index (κ1) is 17.6. The van der Waals surface area contributed by atoms with E-state index in [0.717, 1.165) is 0 Å². The summed E-state index contributed by atoms with van der Waals surface area (Å²) in [6, 6.07) is 3.06. The van der Waals surface area contributed by atoms with Crippen molar-refractivity contribution in [1.29, 1.82) is 0 Å². The van der Waals surface area contributed by atoms with Crippen LogP contribution in [0.3, 0.4) is 0 Å². The third-order valence-electron chi connectivity index (χ3n) is 3.27. The number of amides is 2. The number of carbonyl (C=O) groups excluding carboxylic acids is 2. The van der Waals surface area contributed by atoms with Crippen molar-refractivity contribution in [2.24, 2.45) is 0 Å². The highest BCUT2D eigenvalue weighted by Gasteiger charge is 2.31. The van der Waals surface area contributed by atoms with Crippen molar-refractivity contribution in [3.63, 3.8) is 0 Å². The number of anilines is 1. The smallest absolute Gasteiger partial charge is 0.410 e. The Balaban J connectivity index is 2.02. The molecule has 0 radical (unpaired) electrons. The lowest BCUT2D eigenvalue weighted by Gasteiger charge is -2.34. The van der Waals surface area contributed by atoms with E-state index in [0.29, 0.717) is 18.8 Å². The van der Waals surface area contributed by atoms with Gasteiger partial charge in [-0.05, 0) is 36.7 Å². The molecule has 1 aromatic rings. The van der Waals surface area contributed by atoms with E-state index in [-0.39, 0.29) is 23.2 Å². The Morgan fingerprint density at radius 2 is 2.00 bits per heavy atom. The first-order valence-corrected chi connectivity index (χ1v) is 7.47. The van der Waals surface area contributed by atoms with Crippen molar-refractivity contribution in [1.82, 2.24) is 9.88 Å². The topological polar surface area (TPSA) is 92.0 Å². The summed E-state index contributed by atoms with van der Waals surface area (Å²) in [5.41, 5.74) is -0.0557. The Kier molecular flexibility index (Phi) is 5.01. The van der Waals surface area contributed by atoms with Crippen LogP contribution >= 0.6 is 0 Å². The Labute approximate surface area is 139 Å². The third kappa shape index (κ3) is 4.18. The molecule has 0 unspecified atom stereocenters. The van der Waals surface area contributed by atoms with E-state index in [2.05, 4.69) is 9.82 Å². The molecule has 2 amide bonds. The van der Waals surface area contributed by atoms with Crippen molar-refractivity contribution in [3.05, 3.63) is 23.2 Å². The van der Waals surface area contributed by atoms with Crippen LogP contribution in [0.5, 0.6) is 0 Å². The second-order valence-corrected chi connectivity index (χ2v) is 6.26. The summed E-state index contributed by atoms with van der Waals surface area (Å²) in [5, 5.41) is 0. The number of rotatable bonds is 3. The molecule has 1 aromatic heterocycles. The van der Waals surface area contributed by atoms with Gasteiger partial charge in [0.1, 0.15) is 19.3 Å². The van der Waals surface area contributed by atoms with E-state index in [1.54, 1.807) is 26.8 Å². The van der Waals surface area contributed by atoms with E-state index in [1.807, 2.05) is 0 Å². The van der Waals surface area contributed by atoms with Gasteiger partial charge in [-0.15, -0.1) is 0 Å². The lowest BCUT2D eigenvalue weighted by molar-refractivity contribution is -0.739. The van der Waals surface area contributed by atoms with Gasteiger partial charge in [0.2, 0.25) is 5.91 Å². The molecule has 9 nitrogen and oxygen atoms in total. The van der Waals surface area contributed by atoms with Gasteiger partial charge in [-0.25, -0.2) is 4.79 Å². The van der Waals surface area contributed by atoms with Gasteiger partial charge in [-0.3, -0.25) is 9.69 Å². The summed E-state index contributed by atoms with van der Waals surface area (Å²) in [6.07, 6.45) is 0.909. The number of ether oxygens (including phenoxy) is 1. The standard InChI is InChI=1S/C15H21N4O5/c1-15(2,3)24-14(21)17-7-8-18(13(20)10-17)11-5-6-12(16-9-11)19(22)23-4/h5-6,9H,7-8,10H2,1-4H3/q+1. The zero-order valence-electron chi connectivity index (χ0n) is 14.2. The third-order valence-corrected chi connectivity index (χ3v) is 3.27. The van der Waals surface area contributed by atoms with Crippen LogP contribution in [0, 0.1) is 4.91 Å². The molecule has 0 aliphatic carbocycles. The molecule has 1 saturated heterocycles. The maximum Gasteiger partial charge on any atom is 0.410 e. The molecule has 24 heavy (non-hydrogen) atoms. The van der Waals surface area contributed by atoms with Gasteiger partial charge in [-0.1, -0.05) is 0 Å². The number of piperazine rings is 1. The molecule has 0 saturated carbocycles. The molecule has 0 aromatic carbocycles. The monoisotopic (exact) mass is 337 g/mol. The van der Waals surface area contributed by atoms with Crippen LogP contribution in [0.4, 0.5) is 16.3 Å². The summed E-state index contributed by atoms with van der Waals surface area (Å²) in [6.45, 7) is 5.93. The number of nitrogens with zero attached hydrogens (tertiary/aromatic N) is 4.